The van der Waals surface area contributed by atoms with Crippen molar-refractivity contribution in [2.24, 2.45) is 11.0 Å². The minimum atomic E-state index is -0.110. The zero-order valence-electron chi connectivity index (χ0n) is 18.1. The summed E-state index contributed by atoms with van der Waals surface area (Å²) in [4.78, 5) is 15.0. The molecule has 2 heterocycles. The highest BCUT2D eigenvalue weighted by atomic mass is 16.5. The molecule has 0 radical (unpaired) electrons. The van der Waals surface area contributed by atoms with Gasteiger partial charge in [0.2, 0.25) is 5.91 Å². The lowest BCUT2D eigenvalue weighted by molar-refractivity contribution is -0.122. The monoisotopic (exact) mass is 418 g/mol. The fourth-order valence-corrected chi connectivity index (χ4v) is 4.76. The summed E-state index contributed by atoms with van der Waals surface area (Å²) in [6.07, 6.45) is 4.83. The summed E-state index contributed by atoms with van der Waals surface area (Å²) in [7, 11) is 0. The summed E-state index contributed by atoms with van der Waals surface area (Å²) in [5.41, 5.74) is 8.63. The van der Waals surface area contributed by atoms with E-state index >= 15 is 0 Å². The van der Waals surface area contributed by atoms with E-state index in [4.69, 9.17) is 4.74 Å². The number of amides is 1. The van der Waals surface area contributed by atoms with Crippen molar-refractivity contribution in [1.29, 1.82) is 0 Å². The second kappa shape index (κ2) is 8.35. The summed E-state index contributed by atoms with van der Waals surface area (Å²) in [5.74, 6) is -0.0396. The Bertz CT molecular complexity index is 982. The van der Waals surface area contributed by atoms with E-state index in [9.17, 15) is 4.79 Å². The van der Waals surface area contributed by atoms with Crippen molar-refractivity contribution in [3.05, 3.63) is 59.2 Å². The second-order valence-electron chi connectivity index (χ2n) is 9.00. The summed E-state index contributed by atoms with van der Waals surface area (Å²) in [5, 5.41) is 7.63. The Morgan fingerprint density at radius 2 is 2.03 bits per heavy atom. The van der Waals surface area contributed by atoms with Crippen molar-refractivity contribution >= 4 is 23.5 Å². The molecule has 2 aromatic carbocycles. The molecule has 31 heavy (non-hydrogen) atoms. The van der Waals surface area contributed by atoms with Gasteiger partial charge in [-0.2, -0.15) is 5.10 Å². The normalized spacial score (nSPS) is 25.1. The van der Waals surface area contributed by atoms with Crippen LogP contribution in [0.15, 0.2) is 47.6 Å². The lowest BCUT2D eigenvalue weighted by atomic mass is 9.95. The van der Waals surface area contributed by atoms with E-state index < -0.39 is 0 Å². The maximum Gasteiger partial charge on any atom is 0.244 e. The quantitative estimate of drug-likeness (QED) is 0.578. The van der Waals surface area contributed by atoms with Gasteiger partial charge in [0.25, 0.3) is 0 Å². The van der Waals surface area contributed by atoms with Gasteiger partial charge in [0.1, 0.15) is 0 Å². The molecule has 5 rings (SSSR count). The molecule has 1 amide bonds. The number of benzene rings is 2. The van der Waals surface area contributed by atoms with Crippen molar-refractivity contribution in [3.8, 4) is 0 Å². The molecule has 1 saturated heterocycles. The van der Waals surface area contributed by atoms with Crippen LogP contribution in [0.1, 0.15) is 36.5 Å². The van der Waals surface area contributed by atoms with Gasteiger partial charge < -0.3 is 15.0 Å². The number of ether oxygens (including phenoxy) is 1. The highest BCUT2D eigenvalue weighted by molar-refractivity contribution is 5.87. The number of fused-ring (bicyclic) bond motifs is 1. The smallest absolute Gasteiger partial charge is 0.244 e. The maximum atomic E-state index is 12.7. The summed E-state index contributed by atoms with van der Waals surface area (Å²) < 4.78 is 5.43. The van der Waals surface area contributed by atoms with Gasteiger partial charge in [0.05, 0.1) is 25.3 Å². The standard InChI is InChI=1S/C25H30N4O2/c1-25(20-5-7-21(8-6-20)29-11-13-31-14-12-29)16-22(25)24(30)28-27-17-18-4-9-23-19(15-18)3-2-10-26-23/h4-9,15,17,22,26H,2-3,10-14,16H2,1H3,(H,28,30)/b27-17+. The van der Waals surface area contributed by atoms with Crippen LogP contribution in [0.3, 0.4) is 0 Å². The Balaban J connectivity index is 1.18. The number of aryl methyl sites for hydroxylation is 1. The molecule has 2 fully saturated rings. The third-order valence-corrected chi connectivity index (χ3v) is 6.91. The average molecular weight is 419 g/mol. The molecular formula is C25H30N4O2. The van der Waals surface area contributed by atoms with E-state index in [1.165, 1.54) is 22.5 Å². The van der Waals surface area contributed by atoms with Crippen molar-refractivity contribution in [2.75, 3.05) is 43.1 Å². The van der Waals surface area contributed by atoms with Crippen LogP contribution in [0.25, 0.3) is 0 Å². The van der Waals surface area contributed by atoms with Crippen LogP contribution >= 0.6 is 0 Å². The van der Waals surface area contributed by atoms with Crippen molar-refractivity contribution in [2.45, 2.75) is 31.6 Å². The van der Waals surface area contributed by atoms with Crippen LogP contribution < -0.4 is 15.6 Å². The number of nitrogens with zero attached hydrogens (tertiary/aromatic N) is 2. The van der Waals surface area contributed by atoms with Crippen LogP contribution in [-0.2, 0) is 21.4 Å². The number of nitrogens with one attached hydrogen (secondary N) is 2. The van der Waals surface area contributed by atoms with Gasteiger partial charge in [0.15, 0.2) is 0 Å². The maximum absolute atomic E-state index is 12.7. The van der Waals surface area contributed by atoms with Gasteiger partial charge in [0, 0.05) is 36.4 Å². The molecular weight excluding hydrogens is 388 g/mol. The Morgan fingerprint density at radius 3 is 2.84 bits per heavy atom. The first-order chi connectivity index (χ1) is 15.1. The lowest BCUT2D eigenvalue weighted by Crippen LogP contribution is -2.36. The lowest BCUT2D eigenvalue weighted by Gasteiger charge is -2.29. The summed E-state index contributed by atoms with van der Waals surface area (Å²) >= 11 is 0. The Labute approximate surface area is 183 Å². The predicted molar refractivity (Wildman–Crippen MR) is 124 cm³/mol. The van der Waals surface area contributed by atoms with Crippen LogP contribution in [0.5, 0.6) is 0 Å². The predicted octanol–water partition coefficient (Wildman–Crippen LogP) is 3.31. The van der Waals surface area contributed by atoms with E-state index in [0.717, 1.165) is 57.7 Å². The molecule has 6 nitrogen and oxygen atoms in total. The van der Waals surface area contributed by atoms with Gasteiger partial charge in [-0.3, -0.25) is 4.79 Å². The number of hydrogen-bond acceptors (Lipinski definition) is 5. The second-order valence-corrected chi connectivity index (χ2v) is 9.00. The van der Waals surface area contributed by atoms with E-state index in [0.29, 0.717) is 0 Å². The van der Waals surface area contributed by atoms with Crippen molar-refractivity contribution < 1.29 is 9.53 Å². The number of carbonyl (C=O) groups excluding carboxylic acids is 1. The summed E-state index contributed by atoms with van der Waals surface area (Å²) in [6, 6.07) is 14.9. The first-order valence-corrected chi connectivity index (χ1v) is 11.3. The van der Waals surface area contributed by atoms with Gasteiger partial charge in [-0.05, 0) is 60.2 Å². The molecule has 0 bridgehead atoms. The number of rotatable bonds is 5. The fourth-order valence-electron chi connectivity index (χ4n) is 4.76. The Morgan fingerprint density at radius 1 is 1.23 bits per heavy atom. The van der Waals surface area contributed by atoms with Crippen LogP contribution in [0.4, 0.5) is 11.4 Å². The van der Waals surface area contributed by atoms with Gasteiger partial charge >= 0.3 is 0 Å². The third-order valence-electron chi connectivity index (χ3n) is 6.91. The fraction of sp³-hybridized carbons (Fsp3) is 0.440. The molecule has 6 heteroatoms. The first kappa shape index (κ1) is 20.1. The zero-order valence-corrected chi connectivity index (χ0v) is 18.1. The molecule has 2 aromatic rings. The zero-order chi connectivity index (χ0) is 21.3. The number of morpholine rings is 1. The molecule has 0 aromatic heterocycles. The minimum Gasteiger partial charge on any atom is -0.385 e. The van der Waals surface area contributed by atoms with Crippen LogP contribution in [0, 0.1) is 5.92 Å². The minimum absolute atomic E-state index is 0.00404. The van der Waals surface area contributed by atoms with E-state index in [1.54, 1.807) is 6.21 Å². The number of hydrogen-bond donors (Lipinski definition) is 2. The van der Waals surface area contributed by atoms with E-state index in [1.807, 2.05) is 6.07 Å². The molecule has 2 N–H and O–H groups in total. The largest absolute Gasteiger partial charge is 0.385 e. The summed E-state index contributed by atoms with van der Waals surface area (Å²) in [6.45, 7) is 6.63. The average Bonchev–Trinajstić information content (AvgIpc) is 3.52. The Hall–Kier alpha value is -2.86. The van der Waals surface area contributed by atoms with Crippen LogP contribution in [-0.4, -0.2) is 45.0 Å². The molecule has 162 valence electrons. The number of anilines is 2. The van der Waals surface area contributed by atoms with E-state index in [2.05, 4.69) is 64.1 Å². The number of hydrazone groups is 1. The molecule has 2 atom stereocenters. The molecule has 3 aliphatic rings. The molecule has 1 saturated carbocycles. The number of carbonyl (C=O) groups is 1. The molecule has 1 aliphatic carbocycles. The van der Waals surface area contributed by atoms with Gasteiger partial charge in [-0.1, -0.05) is 25.1 Å². The molecule has 2 unspecified atom stereocenters. The highest BCUT2D eigenvalue weighted by Crippen LogP contribution is 2.54. The topological polar surface area (TPSA) is 66.0 Å². The third kappa shape index (κ3) is 4.17. The van der Waals surface area contributed by atoms with Crippen LogP contribution in [0.2, 0.25) is 0 Å². The van der Waals surface area contributed by atoms with Gasteiger partial charge in [-0.15, -0.1) is 0 Å². The SMILES string of the molecule is CC1(c2ccc(N3CCOCC3)cc2)CC1C(=O)N/N=C/c1ccc2c(c1)CCCN2. The van der Waals surface area contributed by atoms with E-state index in [-0.39, 0.29) is 17.2 Å². The first-order valence-electron chi connectivity index (χ1n) is 11.3. The molecule has 2 aliphatic heterocycles. The van der Waals surface area contributed by atoms with Crippen molar-refractivity contribution in [1.82, 2.24) is 5.43 Å². The highest BCUT2D eigenvalue weighted by Gasteiger charge is 2.55. The Kier molecular flexibility index (Phi) is 5.40. The van der Waals surface area contributed by atoms with Gasteiger partial charge in [-0.25, -0.2) is 5.43 Å². The van der Waals surface area contributed by atoms with Crippen molar-refractivity contribution in [3.63, 3.8) is 0 Å². The molecule has 0 spiro atoms.